The molecule has 1 aromatic carbocycles. The maximum atomic E-state index is 5.85. The Bertz CT molecular complexity index is 347. The molecule has 0 saturated heterocycles. The lowest BCUT2D eigenvalue weighted by Crippen LogP contribution is -2.30. The minimum atomic E-state index is 0.619. The number of aryl methyl sites for hydroxylation is 1. The quantitative estimate of drug-likeness (QED) is 0.818. The molecular weight excluding hydrogens is 208 g/mol. The van der Waals surface area contributed by atoms with Crippen LogP contribution in [0.2, 0.25) is 0 Å². The van der Waals surface area contributed by atoms with Gasteiger partial charge in [0.05, 0.1) is 0 Å². The van der Waals surface area contributed by atoms with Crippen LogP contribution in [-0.4, -0.2) is 13.1 Å². The second kappa shape index (κ2) is 6.65. The van der Waals surface area contributed by atoms with E-state index in [0.29, 0.717) is 6.54 Å². The van der Waals surface area contributed by atoms with Crippen molar-refractivity contribution in [1.82, 2.24) is 0 Å². The lowest BCUT2D eigenvalue weighted by Gasteiger charge is -2.29. The second-order valence-corrected chi connectivity index (χ2v) is 4.84. The molecular formula is C15H26N2. The van der Waals surface area contributed by atoms with Crippen molar-refractivity contribution in [3.8, 4) is 0 Å². The first-order valence-electron chi connectivity index (χ1n) is 6.67. The van der Waals surface area contributed by atoms with E-state index < -0.39 is 0 Å². The highest BCUT2D eigenvalue weighted by atomic mass is 15.1. The fourth-order valence-corrected chi connectivity index (χ4v) is 2.22. The summed E-state index contributed by atoms with van der Waals surface area (Å²) in [4.78, 5) is 2.46. The van der Waals surface area contributed by atoms with Gasteiger partial charge in [-0.3, -0.25) is 0 Å². The van der Waals surface area contributed by atoms with Crippen LogP contribution >= 0.6 is 0 Å². The van der Waals surface area contributed by atoms with Crippen LogP contribution in [0, 0.1) is 12.8 Å². The summed E-state index contributed by atoms with van der Waals surface area (Å²) in [5, 5.41) is 0. The smallest absolute Gasteiger partial charge is 0.0441 e. The van der Waals surface area contributed by atoms with E-state index in [1.54, 1.807) is 0 Å². The molecule has 2 N–H and O–H groups in total. The molecule has 1 rings (SSSR count). The van der Waals surface area contributed by atoms with E-state index in [-0.39, 0.29) is 0 Å². The molecule has 0 saturated carbocycles. The average molecular weight is 234 g/mol. The zero-order valence-electron chi connectivity index (χ0n) is 11.7. The van der Waals surface area contributed by atoms with Crippen LogP contribution < -0.4 is 10.6 Å². The molecule has 96 valence electrons. The monoisotopic (exact) mass is 234 g/mol. The number of benzene rings is 1. The van der Waals surface area contributed by atoms with Gasteiger partial charge < -0.3 is 10.6 Å². The molecule has 0 heterocycles. The molecule has 0 amide bonds. The minimum absolute atomic E-state index is 0.619. The van der Waals surface area contributed by atoms with Crippen LogP contribution in [0.4, 0.5) is 5.69 Å². The zero-order valence-corrected chi connectivity index (χ0v) is 11.7. The van der Waals surface area contributed by atoms with E-state index in [9.17, 15) is 0 Å². The summed E-state index contributed by atoms with van der Waals surface area (Å²) >= 11 is 0. The molecule has 1 atom stereocenters. The van der Waals surface area contributed by atoms with Crippen molar-refractivity contribution in [2.24, 2.45) is 11.7 Å². The Morgan fingerprint density at radius 1 is 1.29 bits per heavy atom. The van der Waals surface area contributed by atoms with Crippen molar-refractivity contribution < 1.29 is 0 Å². The van der Waals surface area contributed by atoms with E-state index in [4.69, 9.17) is 5.73 Å². The van der Waals surface area contributed by atoms with Gasteiger partial charge in [0.1, 0.15) is 0 Å². The van der Waals surface area contributed by atoms with E-state index in [1.807, 2.05) is 0 Å². The number of anilines is 1. The number of rotatable bonds is 6. The van der Waals surface area contributed by atoms with Crippen molar-refractivity contribution in [2.75, 3.05) is 18.0 Å². The van der Waals surface area contributed by atoms with Gasteiger partial charge in [-0.25, -0.2) is 0 Å². The fourth-order valence-electron chi connectivity index (χ4n) is 2.22. The molecule has 2 nitrogen and oxygen atoms in total. The van der Waals surface area contributed by atoms with Crippen molar-refractivity contribution >= 4 is 5.69 Å². The molecule has 0 aliphatic heterocycles. The Balaban J connectivity index is 3.02. The number of para-hydroxylation sites is 1. The van der Waals surface area contributed by atoms with Gasteiger partial charge in [-0.2, -0.15) is 0 Å². The molecule has 1 unspecified atom stereocenters. The van der Waals surface area contributed by atoms with Gasteiger partial charge in [0.25, 0.3) is 0 Å². The molecule has 0 fully saturated rings. The lowest BCUT2D eigenvalue weighted by atomic mass is 10.0. The first-order chi connectivity index (χ1) is 8.13. The third-order valence-electron chi connectivity index (χ3n) is 3.47. The van der Waals surface area contributed by atoms with Crippen molar-refractivity contribution in [1.29, 1.82) is 0 Å². The van der Waals surface area contributed by atoms with Crippen molar-refractivity contribution in [2.45, 2.75) is 40.7 Å². The van der Waals surface area contributed by atoms with Crippen LogP contribution in [0.15, 0.2) is 18.2 Å². The van der Waals surface area contributed by atoms with Crippen LogP contribution in [-0.2, 0) is 6.54 Å². The Labute approximate surface area is 106 Å². The standard InChI is InChI=1S/C15H26N2/c1-5-12(3)11-17(6-2)15-13(4)8-7-9-14(15)10-16/h7-9,12H,5-6,10-11,16H2,1-4H3. The number of hydrogen-bond acceptors (Lipinski definition) is 2. The third-order valence-corrected chi connectivity index (χ3v) is 3.47. The molecule has 2 heteroatoms. The maximum absolute atomic E-state index is 5.85. The summed E-state index contributed by atoms with van der Waals surface area (Å²) in [6.45, 7) is 11.7. The summed E-state index contributed by atoms with van der Waals surface area (Å²) in [6, 6.07) is 6.41. The van der Waals surface area contributed by atoms with E-state index in [0.717, 1.165) is 19.0 Å². The molecule has 0 bridgehead atoms. The highest BCUT2D eigenvalue weighted by Gasteiger charge is 2.13. The first kappa shape index (κ1) is 14.0. The SMILES string of the molecule is CCC(C)CN(CC)c1c(C)cccc1CN. The summed E-state index contributed by atoms with van der Waals surface area (Å²) in [7, 11) is 0. The third kappa shape index (κ3) is 3.47. The molecule has 17 heavy (non-hydrogen) atoms. The van der Waals surface area contributed by atoms with E-state index in [2.05, 4.69) is 50.8 Å². The zero-order chi connectivity index (χ0) is 12.8. The van der Waals surface area contributed by atoms with E-state index in [1.165, 1.54) is 23.2 Å². The van der Waals surface area contributed by atoms with Gasteiger partial charge >= 0.3 is 0 Å². The summed E-state index contributed by atoms with van der Waals surface area (Å²) < 4.78 is 0. The van der Waals surface area contributed by atoms with Gasteiger partial charge in [-0.1, -0.05) is 38.5 Å². The maximum Gasteiger partial charge on any atom is 0.0441 e. The predicted molar refractivity (Wildman–Crippen MR) is 76.4 cm³/mol. The number of hydrogen-bond donors (Lipinski definition) is 1. The normalized spacial score (nSPS) is 12.5. The van der Waals surface area contributed by atoms with Gasteiger partial charge in [0.15, 0.2) is 0 Å². The van der Waals surface area contributed by atoms with E-state index >= 15 is 0 Å². The van der Waals surface area contributed by atoms with Gasteiger partial charge in [0.2, 0.25) is 0 Å². The van der Waals surface area contributed by atoms with Gasteiger partial charge in [-0.05, 0) is 30.9 Å². The van der Waals surface area contributed by atoms with Crippen molar-refractivity contribution in [3.05, 3.63) is 29.3 Å². The Hall–Kier alpha value is -1.02. The minimum Gasteiger partial charge on any atom is -0.371 e. The molecule has 0 aromatic heterocycles. The molecule has 1 aromatic rings. The van der Waals surface area contributed by atoms with Gasteiger partial charge in [0, 0.05) is 25.3 Å². The summed E-state index contributed by atoms with van der Waals surface area (Å²) in [5.41, 5.74) is 9.78. The van der Waals surface area contributed by atoms with Crippen LogP contribution in [0.1, 0.15) is 38.3 Å². The molecule has 0 spiro atoms. The number of nitrogens with two attached hydrogens (primary N) is 1. The summed E-state index contributed by atoms with van der Waals surface area (Å²) in [6.07, 6.45) is 1.22. The van der Waals surface area contributed by atoms with Crippen LogP contribution in [0.3, 0.4) is 0 Å². The van der Waals surface area contributed by atoms with Crippen molar-refractivity contribution in [3.63, 3.8) is 0 Å². The van der Waals surface area contributed by atoms with Gasteiger partial charge in [-0.15, -0.1) is 0 Å². The Morgan fingerprint density at radius 3 is 2.53 bits per heavy atom. The topological polar surface area (TPSA) is 29.3 Å². The predicted octanol–water partition coefficient (Wildman–Crippen LogP) is 3.33. The lowest BCUT2D eigenvalue weighted by molar-refractivity contribution is 0.547. The summed E-state index contributed by atoms with van der Waals surface area (Å²) in [5.74, 6) is 0.722. The second-order valence-electron chi connectivity index (χ2n) is 4.84. The Kier molecular flexibility index (Phi) is 5.49. The first-order valence-corrected chi connectivity index (χ1v) is 6.67. The largest absolute Gasteiger partial charge is 0.371 e. The highest BCUT2D eigenvalue weighted by molar-refractivity contribution is 5.59. The Morgan fingerprint density at radius 2 is 2.00 bits per heavy atom. The van der Waals surface area contributed by atoms with Crippen LogP contribution in [0.5, 0.6) is 0 Å². The molecule has 0 radical (unpaired) electrons. The fraction of sp³-hybridized carbons (Fsp3) is 0.600. The molecule has 0 aliphatic carbocycles. The molecule has 0 aliphatic rings. The number of nitrogens with zero attached hydrogens (tertiary/aromatic N) is 1. The highest BCUT2D eigenvalue weighted by Crippen LogP contribution is 2.26. The van der Waals surface area contributed by atoms with Crippen LogP contribution in [0.25, 0.3) is 0 Å². The average Bonchev–Trinajstić information content (AvgIpc) is 2.35.